The number of H-pyrrole nitrogens is 1. The maximum Gasteiger partial charge on any atom is 0.137 e. The number of nitrogen functional groups attached to an aromatic ring is 1. The molecule has 0 spiro atoms. The van der Waals surface area contributed by atoms with Crippen molar-refractivity contribution < 1.29 is 4.52 Å². The fourth-order valence-corrected chi connectivity index (χ4v) is 0.968. The van der Waals surface area contributed by atoms with Gasteiger partial charge in [0.15, 0.2) is 0 Å². The number of nitrogens with one attached hydrogen (secondary N) is 1. The van der Waals surface area contributed by atoms with Gasteiger partial charge in [0.25, 0.3) is 0 Å². The van der Waals surface area contributed by atoms with E-state index in [0.29, 0.717) is 17.1 Å². The second-order valence-electron chi connectivity index (χ2n) is 2.50. The van der Waals surface area contributed by atoms with E-state index < -0.39 is 0 Å². The van der Waals surface area contributed by atoms with Crippen LogP contribution in [-0.4, -0.2) is 15.4 Å². The molecule has 0 aliphatic rings. The van der Waals surface area contributed by atoms with Gasteiger partial charge in [-0.25, -0.2) is 0 Å². The Morgan fingerprint density at radius 3 is 2.92 bits per heavy atom. The molecule has 62 valence electrons. The molecule has 0 saturated heterocycles. The summed E-state index contributed by atoms with van der Waals surface area (Å²) >= 11 is 0. The van der Waals surface area contributed by atoms with Gasteiger partial charge >= 0.3 is 0 Å². The fraction of sp³-hybridized carbons (Fsp3) is 0.143. The largest absolute Gasteiger partial charge is 0.395 e. The Balaban J connectivity index is 2.55. The lowest BCUT2D eigenvalue weighted by Crippen LogP contribution is -1.88. The van der Waals surface area contributed by atoms with Gasteiger partial charge in [-0.2, -0.15) is 5.10 Å². The zero-order valence-electron chi connectivity index (χ0n) is 6.53. The Bertz CT molecular complexity index is 376. The summed E-state index contributed by atoms with van der Waals surface area (Å²) in [6.45, 7) is 1.85. The van der Waals surface area contributed by atoms with Crippen molar-refractivity contribution in [2.24, 2.45) is 0 Å². The molecule has 0 radical (unpaired) electrons. The first-order valence-electron chi connectivity index (χ1n) is 3.50. The molecular weight excluding hydrogens is 156 g/mol. The van der Waals surface area contributed by atoms with E-state index in [1.807, 2.05) is 6.92 Å². The third kappa shape index (κ3) is 0.868. The first kappa shape index (κ1) is 6.90. The van der Waals surface area contributed by atoms with Crippen LogP contribution in [0.3, 0.4) is 0 Å². The molecule has 0 aliphatic carbocycles. The summed E-state index contributed by atoms with van der Waals surface area (Å²) in [7, 11) is 0. The van der Waals surface area contributed by atoms with E-state index in [-0.39, 0.29) is 0 Å². The monoisotopic (exact) mass is 164 g/mol. The zero-order valence-corrected chi connectivity index (χ0v) is 6.53. The molecule has 0 atom stereocenters. The van der Waals surface area contributed by atoms with Gasteiger partial charge < -0.3 is 10.3 Å². The number of hydrogen-bond acceptors (Lipinski definition) is 4. The highest BCUT2D eigenvalue weighted by Gasteiger charge is 2.10. The Morgan fingerprint density at radius 1 is 1.58 bits per heavy atom. The maximum atomic E-state index is 5.72. The minimum Gasteiger partial charge on any atom is -0.395 e. The van der Waals surface area contributed by atoms with Gasteiger partial charge in [-0.15, -0.1) is 0 Å². The number of anilines is 1. The summed E-state index contributed by atoms with van der Waals surface area (Å²) in [6, 6.07) is 1.71. The van der Waals surface area contributed by atoms with Crippen LogP contribution >= 0.6 is 0 Å². The van der Waals surface area contributed by atoms with Gasteiger partial charge in [-0.3, -0.25) is 5.10 Å². The zero-order chi connectivity index (χ0) is 8.55. The molecule has 12 heavy (non-hydrogen) atoms. The normalized spacial score (nSPS) is 10.4. The summed E-state index contributed by atoms with van der Waals surface area (Å²) in [6.07, 6.45) is 1.48. The fourth-order valence-electron chi connectivity index (χ4n) is 0.968. The highest BCUT2D eigenvalue weighted by molar-refractivity contribution is 5.70. The average Bonchev–Trinajstić information content (AvgIpc) is 2.64. The van der Waals surface area contributed by atoms with Crippen molar-refractivity contribution in [2.45, 2.75) is 6.92 Å². The molecule has 5 nitrogen and oxygen atoms in total. The van der Waals surface area contributed by atoms with Gasteiger partial charge in [-0.05, 0) is 6.92 Å². The molecule has 0 amide bonds. The number of aromatic amines is 1. The van der Waals surface area contributed by atoms with Crippen LogP contribution in [0.1, 0.15) is 5.69 Å². The van der Waals surface area contributed by atoms with E-state index >= 15 is 0 Å². The number of rotatable bonds is 1. The van der Waals surface area contributed by atoms with Crippen LogP contribution in [0.4, 0.5) is 5.69 Å². The number of aromatic nitrogens is 3. The quantitative estimate of drug-likeness (QED) is 0.657. The highest BCUT2D eigenvalue weighted by Crippen LogP contribution is 2.23. The summed E-state index contributed by atoms with van der Waals surface area (Å²) in [5, 5.41) is 10.5. The van der Waals surface area contributed by atoms with Crippen LogP contribution < -0.4 is 5.73 Å². The van der Waals surface area contributed by atoms with Crippen molar-refractivity contribution in [3.8, 4) is 11.4 Å². The first-order valence-corrected chi connectivity index (χ1v) is 3.50. The Kier molecular flexibility index (Phi) is 1.36. The molecule has 0 aromatic carbocycles. The van der Waals surface area contributed by atoms with Crippen molar-refractivity contribution >= 4 is 5.69 Å². The molecule has 2 rings (SSSR count). The molecule has 0 saturated carbocycles. The predicted octanol–water partition coefficient (Wildman–Crippen LogP) is 0.955. The van der Waals surface area contributed by atoms with Crippen molar-refractivity contribution in [3.63, 3.8) is 0 Å². The minimum absolute atomic E-state index is 0.615. The van der Waals surface area contributed by atoms with Gasteiger partial charge in [-0.1, -0.05) is 5.16 Å². The van der Waals surface area contributed by atoms with Gasteiger partial charge in [0.2, 0.25) is 0 Å². The van der Waals surface area contributed by atoms with E-state index in [2.05, 4.69) is 19.9 Å². The summed E-state index contributed by atoms with van der Waals surface area (Å²) in [4.78, 5) is 0. The standard InChI is InChI=1S/C7H8N4O/c1-4-6(8)7(10-9-4)5-2-3-12-11-5/h2-3H,8H2,1H3,(H,9,10). The molecule has 2 aromatic rings. The first-order chi connectivity index (χ1) is 5.79. The number of hydrogen-bond donors (Lipinski definition) is 2. The molecule has 0 bridgehead atoms. The highest BCUT2D eigenvalue weighted by atomic mass is 16.5. The molecule has 0 unspecified atom stereocenters. The van der Waals surface area contributed by atoms with Crippen molar-refractivity contribution in [3.05, 3.63) is 18.0 Å². The molecular formula is C7H8N4O. The predicted molar refractivity (Wildman–Crippen MR) is 43.2 cm³/mol. The van der Waals surface area contributed by atoms with Crippen molar-refractivity contribution in [1.29, 1.82) is 0 Å². The summed E-state index contributed by atoms with van der Waals surface area (Å²) in [5.74, 6) is 0. The third-order valence-electron chi connectivity index (χ3n) is 1.67. The Hall–Kier alpha value is -1.78. The SMILES string of the molecule is Cc1[nH]nc(-c2ccon2)c1N. The smallest absolute Gasteiger partial charge is 0.137 e. The lowest BCUT2D eigenvalue weighted by atomic mass is 10.2. The van der Waals surface area contributed by atoms with Crippen LogP contribution in [0.15, 0.2) is 16.9 Å². The Labute approximate surface area is 68.6 Å². The number of aryl methyl sites for hydroxylation is 1. The minimum atomic E-state index is 0.615. The van der Waals surface area contributed by atoms with Crippen LogP contribution in [0.5, 0.6) is 0 Å². The van der Waals surface area contributed by atoms with Gasteiger partial charge in [0.1, 0.15) is 17.7 Å². The molecule has 2 heterocycles. The second kappa shape index (κ2) is 2.37. The van der Waals surface area contributed by atoms with E-state index in [1.54, 1.807) is 6.07 Å². The van der Waals surface area contributed by atoms with Crippen molar-refractivity contribution in [1.82, 2.24) is 15.4 Å². The molecule has 0 fully saturated rings. The van der Waals surface area contributed by atoms with E-state index in [1.165, 1.54) is 6.26 Å². The van der Waals surface area contributed by atoms with Crippen LogP contribution in [0.25, 0.3) is 11.4 Å². The second-order valence-corrected chi connectivity index (χ2v) is 2.50. The van der Waals surface area contributed by atoms with E-state index in [4.69, 9.17) is 5.73 Å². The van der Waals surface area contributed by atoms with Gasteiger partial charge in [0.05, 0.1) is 11.4 Å². The van der Waals surface area contributed by atoms with E-state index in [0.717, 1.165) is 5.69 Å². The lowest BCUT2D eigenvalue weighted by Gasteiger charge is -1.89. The summed E-state index contributed by atoms with van der Waals surface area (Å²) in [5.41, 5.74) is 8.46. The van der Waals surface area contributed by atoms with Crippen LogP contribution in [0.2, 0.25) is 0 Å². The molecule has 3 N–H and O–H groups in total. The number of nitrogens with zero attached hydrogens (tertiary/aromatic N) is 2. The molecule has 0 aliphatic heterocycles. The molecule has 5 heteroatoms. The topological polar surface area (TPSA) is 80.7 Å². The Morgan fingerprint density at radius 2 is 2.42 bits per heavy atom. The van der Waals surface area contributed by atoms with Crippen molar-refractivity contribution in [2.75, 3.05) is 5.73 Å². The number of nitrogens with two attached hydrogens (primary N) is 1. The summed E-state index contributed by atoms with van der Waals surface area (Å²) < 4.78 is 4.67. The lowest BCUT2D eigenvalue weighted by molar-refractivity contribution is 0.422. The van der Waals surface area contributed by atoms with E-state index in [9.17, 15) is 0 Å². The maximum absolute atomic E-state index is 5.72. The molecule has 2 aromatic heterocycles. The third-order valence-corrected chi connectivity index (χ3v) is 1.67. The van der Waals surface area contributed by atoms with Crippen LogP contribution in [-0.2, 0) is 0 Å². The average molecular weight is 164 g/mol. The van der Waals surface area contributed by atoms with Crippen LogP contribution in [0, 0.1) is 6.92 Å². The van der Waals surface area contributed by atoms with Gasteiger partial charge in [0, 0.05) is 6.07 Å².